The zero-order valence-electron chi connectivity index (χ0n) is 18.3. The predicted molar refractivity (Wildman–Crippen MR) is 119 cm³/mol. The summed E-state index contributed by atoms with van der Waals surface area (Å²) < 4.78 is 40.7. The molecule has 0 unspecified atom stereocenters. The summed E-state index contributed by atoms with van der Waals surface area (Å²) in [5.41, 5.74) is 1.92. The van der Waals surface area contributed by atoms with Gasteiger partial charge < -0.3 is 9.16 Å². The third-order valence-corrected chi connectivity index (χ3v) is 12.9. The Labute approximate surface area is 176 Å². The lowest BCUT2D eigenvalue weighted by Crippen LogP contribution is -2.51. The Bertz CT molecular complexity index is 900. The Morgan fingerprint density at radius 2 is 1.86 bits per heavy atom. The van der Waals surface area contributed by atoms with Gasteiger partial charge in [0.1, 0.15) is 6.10 Å². The first kappa shape index (κ1) is 22.3. The van der Waals surface area contributed by atoms with E-state index < -0.39 is 18.3 Å². The first-order chi connectivity index (χ1) is 13.3. The summed E-state index contributed by atoms with van der Waals surface area (Å²) in [6, 6.07) is 6.64. The molecule has 0 aliphatic carbocycles. The molecular formula is C22H33NO4SSi. The highest BCUT2D eigenvalue weighted by molar-refractivity contribution is 7.89. The molecule has 0 N–H and O–H groups in total. The maximum Gasteiger partial charge on any atom is 0.243 e. The molecule has 0 bridgehead atoms. The third kappa shape index (κ3) is 4.24. The van der Waals surface area contributed by atoms with Gasteiger partial charge in [0.2, 0.25) is 10.0 Å². The summed E-state index contributed by atoms with van der Waals surface area (Å²) in [6.45, 7) is 17.7. The van der Waals surface area contributed by atoms with Crippen LogP contribution in [-0.2, 0) is 19.2 Å². The maximum atomic E-state index is 13.4. The number of fused-ring (bicyclic) bond motifs is 1. The monoisotopic (exact) mass is 435 g/mol. The van der Waals surface area contributed by atoms with E-state index in [1.165, 1.54) is 0 Å². The van der Waals surface area contributed by atoms with Crippen molar-refractivity contribution in [1.82, 2.24) is 4.31 Å². The minimum Gasteiger partial charge on any atom is -0.494 e. The minimum absolute atomic E-state index is 0.0583. The number of ether oxygens (including phenoxy) is 1. The molecule has 1 saturated heterocycles. The standard InChI is InChI=1S/C22H33NO4SSi/c1-16-8-10-18(11-9-16)28(24,25)23-14-17(2)19-12-13-26-20(21(19)23)15-27-29(6,7)22(3,4)5/h8-13,19-21H,2,14-15H2,1,3-7H3/t19-,20-,21+/m1/s1. The molecule has 29 heavy (non-hydrogen) atoms. The molecule has 0 amide bonds. The molecule has 160 valence electrons. The lowest BCUT2D eigenvalue weighted by Gasteiger charge is -2.40. The number of sulfonamides is 1. The van der Waals surface area contributed by atoms with E-state index in [4.69, 9.17) is 9.16 Å². The molecule has 0 radical (unpaired) electrons. The number of hydrogen-bond acceptors (Lipinski definition) is 4. The molecule has 1 aromatic carbocycles. The van der Waals surface area contributed by atoms with Gasteiger partial charge >= 0.3 is 0 Å². The van der Waals surface area contributed by atoms with Crippen LogP contribution in [0.2, 0.25) is 18.1 Å². The van der Waals surface area contributed by atoms with E-state index in [1.807, 2.05) is 25.1 Å². The average Bonchev–Trinajstić information content (AvgIpc) is 2.98. The molecule has 0 spiro atoms. The van der Waals surface area contributed by atoms with E-state index in [9.17, 15) is 8.42 Å². The fraction of sp³-hybridized carbons (Fsp3) is 0.545. The SMILES string of the molecule is C=C1CN(S(=O)(=O)c2ccc(C)cc2)[C@H]2[C@@H]1C=CO[C@@H]2CO[Si](C)(C)C(C)(C)C. The highest BCUT2D eigenvalue weighted by Crippen LogP contribution is 2.41. The van der Waals surface area contributed by atoms with Crippen LogP contribution < -0.4 is 0 Å². The Kier molecular flexibility index (Phi) is 5.90. The second-order valence-electron chi connectivity index (χ2n) is 9.61. The van der Waals surface area contributed by atoms with Crippen LogP contribution in [0.25, 0.3) is 0 Å². The third-order valence-electron chi connectivity index (χ3n) is 6.49. The molecule has 0 saturated carbocycles. The minimum atomic E-state index is -3.66. The predicted octanol–water partition coefficient (Wildman–Crippen LogP) is 4.47. The van der Waals surface area contributed by atoms with Gasteiger partial charge in [-0.2, -0.15) is 4.31 Å². The van der Waals surface area contributed by atoms with Crippen LogP contribution in [0.5, 0.6) is 0 Å². The van der Waals surface area contributed by atoms with E-state index in [0.717, 1.165) is 11.1 Å². The van der Waals surface area contributed by atoms with E-state index in [-0.39, 0.29) is 23.1 Å². The van der Waals surface area contributed by atoms with Crippen molar-refractivity contribution in [1.29, 1.82) is 0 Å². The first-order valence-electron chi connectivity index (χ1n) is 10.1. The molecule has 2 heterocycles. The zero-order chi connectivity index (χ0) is 21.6. The van der Waals surface area contributed by atoms with Gasteiger partial charge in [0.05, 0.1) is 23.8 Å². The van der Waals surface area contributed by atoms with Crippen molar-refractivity contribution >= 4 is 18.3 Å². The summed E-state index contributed by atoms with van der Waals surface area (Å²) in [7, 11) is -5.64. The number of benzene rings is 1. The fourth-order valence-corrected chi connectivity index (χ4v) is 6.23. The van der Waals surface area contributed by atoms with E-state index in [0.29, 0.717) is 18.0 Å². The van der Waals surface area contributed by atoms with Gasteiger partial charge in [-0.25, -0.2) is 8.42 Å². The van der Waals surface area contributed by atoms with Gasteiger partial charge in [-0.3, -0.25) is 0 Å². The van der Waals surface area contributed by atoms with Crippen molar-refractivity contribution < 1.29 is 17.6 Å². The Morgan fingerprint density at radius 1 is 1.24 bits per heavy atom. The van der Waals surface area contributed by atoms with Gasteiger partial charge in [0.25, 0.3) is 0 Å². The van der Waals surface area contributed by atoms with Crippen LogP contribution in [0.4, 0.5) is 0 Å². The number of nitrogens with zero attached hydrogens (tertiary/aromatic N) is 1. The normalized spacial score (nSPS) is 25.7. The number of hydrogen-bond donors (Lipinski definition) is 0. The molecule has 1 aromatic rings. The van der Waals surface area contributed by atoms with Crippen molar-refractivity contribution in [3.05, 3.63) is 54.3 Å². The van der Waals surface area contributed by atoms with Crippen molar-refractivity contribution in [2.45, 2.75) is 62.9 Å². The summed E-state index contributed by atoms with van der Waals surface area (Å²) in [4.78, 5) is 0.301. The molecule has 3 rings (SSSR count). The lowest BCUT2D eigenvalue weighted by molar-refractivity contribution is 0.0204. The molecule has 2 aliphatic heterocycles. The van der Waals surface area contributed by atoms with Crippen LogP contribution in [0.1, 0.15) is 26.3 Å². The van der Waals surface area contributed by atoms with Gasteiger partial charge in [-0.05, 0) is 43.3 Å². The molecule has 3 atom stereocenters. The topological polar surface area (TPSA) is 55.8 Å². The van der Waals surface area contributed by atoms with E-state index >= 15 is 0 Å². The van der Waals surface area contributed by atoms with E-state index in [1.54, 1.807) is 22.7 Å². The summed E-state index contributed by atoms with van der Waals surface area (Å²) in [5, 5.41) is 0.0733. The molecule has 5 nitrogen and oxygen atoms in total. The quantitative estimate of drug-likeness (QED) is 0.506. The van der Waals surface area contributed by atoms with Crippen molar-refractivity contribution in [2.75, 3.05) is 13.2 Å². The lowest BCUT2D eigenvalue weighted by atomic mass is 9.92. The van der Waals surface area contributed by atoms with Gasteiger partial charge in [-0.15, -0.1) is 0 Å². The number of aryl methyl sites for hydroxylation is 1. The largest absolute Gasteiger partial charge is 0.494 e. The molecule has 2 aliphatic rings. The van der Waals surface area contributed by atoms with Crippen LogP contribution in [-0.4, -0.2) is 46.3 Å². The number of rotatable bonds is 5. The van der Waals surface area contributed by atoms with Gasteiger partial charge in [0, 0.05) is 12.5 Å². The van der Waals surface area contributed by atoms with Crippen LogP contribution in [0.3, 0.4) is 0 Å². The molecule has 1 fully saturated rings. The Balaban J connectivity index is 1.89. The Hall–Kier alpha value is -1.41. The highest BCUT2D eigenvalue weighted by Gasteiger charge is 2.49. The second-order valence-corrected chi connectivity index (χ2v) is 16.3. The van der Waals surface area contributed by atoms with Gasteiger partial charge in [-0.1, -0.05) is 50.6 Å². The molecular weight excluding hydrogens is 402 g/mol. The average molecular weight is 436 g/mol. The van der Waals surface area contributed by atoms with Crippen LogP contribution in [0.15, 0.2) is 53.7 Å². The van der Waals surface area contributed by atoms with E-state index in [2.05, 4.69) is 40.4 Å². The Morgan fingerprint density at radius 3 is 2.45 bits per heavy atom. The van der Waals surface area contributed by atoms with Crippen molar-refractivity contribution in [2.24, 2.45) is 5.92 Å². The van der Waals surface area contributed by atoms with Crippen molar-refractivity contribution in [3.8, 4) is 0 Å². The van der Waals surface area contributed by atoms with Crippen molar-refractivity contribution in [3.63, 3.8) is 0 Å². The summed E-state index contributed by atoms with van der Waals surface area (Å²) in [6.07, 6.45) is 3.23. The second kappa shape index (κ2) is 7.69. The molecule has 0 aromatic heterocycles. The first-order valence-corrected chi connectivity index (χ1v) is 14.4. The van der Waals surface area contributed by atoms with Crippen LogP contribution >= 0.6 is 0 Å². The van der Waals surface area contributed by atoms with Gasteiger partial charge in [0.15, 0.2) is 8.32 Å². The fourth-order valence-electron chi connectivity index (χ4n) is 3.55. The summed E-state index contributed by atoms with van der Waals surface area (Å²) in [5.74, 6) is -0.0583. The maximum absolute atomic E-state index is 13.4. The smallest absolute Gasteiger partial charge is 0.243 e. The zero-order valence-corrected chi connectivity index (χ0v) is 20.1. The molecule has 7 heteroatoms. The highest BCUT2D eigenvalue weighted by atomic mass is 32.2. The summed E-state index contributed by atoms with van der Waals surface area (Å²) >= 11 is 0. The van der Waals surface area contributed by atoms with Crippen LogP contribution in [0, 0.1) is 12.8 Å².